The summed E-state index contributed by atoms with van der Waals surface area (Å²) in [5, 5.41) is 2.91. The van der Waals surface area contributed by atoms with Crippen LogP contribution in [0.2, 0.25) is 0 Å². The fraction of sp³-hybridized carbons (Fsp3) is 0.167. The van der Waals surface area contributed by atoms with Gasteiger partial charge in [-0.3, -0.25) is 4.79 Å². The van der Waals surface area contributed by atoms with Crippen molar-refractivity contribution >= 4 is 22.7 Å². The predicted octanol–water partition coefficient (Wildman–Crippen LogP) is 5.08. The van der Waals surface area contributed by atoms with Crippen LogP contribution in [0.5, 0.6) is 11.5 Å². The van der Waals surface area contributed by atoms with Crippen molar-refractivity contribution in [2.45, 2.75) is 13.3 Å². The highest BCUT2D eigenvalue weighted by atomic mass is 16.5. The van der Waals surface area contributed by atoms with E-state index >= 15 is 0 Å². The van der Waals surface area contributed by atoms with Gasteiger partial charge in [0.2, 0.25) is 11.8 Å². The van der Waals surface area contributed by atoms with Gasteiger partial charge in [-0.2, -0.15) is 0 Å². The summed E-state index contributed by atoms with van der Waals surface area (Å²) in [7, 11) is 1.61. The Labute approximate surface area is 174 Å². The summed E-state index contributed by atoms with van der Waals surface area (Å²) in [6, 6.07) is 20.5. The lowest BCUT2D eigenvalue weighted by Crippen LogP contribution is -2.14. The zero-order chi connectivity index (χ0) is 20.9. The van der Waals surface area contributed by atoms with Gasteiger partial charge in [0.05, 0.1) is 25.7 Å². The van der Waals surface area contributed by atoms with E-state index in [9.17, 15) is 4.79 Å². The average Bonchev–Trinajstić information content (AvgIpc) is 3.18. The van der Waals surface area contributed by atoms with Crippen LogP contribution in [0.4, 0.5) is 5.69 Å². The molecule has 0 saturated heterocycles. The van der Waals surface area contributed by atoms with Gasteiger partial charge in [0.15, 0.2) is 5.58 Å². The molecule has 0 radical (unpaired) electrons. The number of ether oxygens (including phenoxy) is 2. The third-order valence-corrected chi connectivity index (χ3v) is 4.61. The van der Waals surface area contributed by atoms with Gasteiger partial charge in [-0.15, -0.1) is 0 Å². The molecule has 30 heavy (non-hydrogen) atoms. The van der Waals surface area contributed by atoms with E-state index in [0.29, 0.717) is 35.0 Å². The van der Waals surface area contributed by atoms with Gasteiger partial charge < -0.3 is 19.2 Å². The molecule has 3 aromatic carbocycles. The minimum atomic E-state index is -0.108. The molecule has 0 fully saturated rings. The van der Waals surface area contributed by atoms with Crippen LogP contribution in [0.1, 0.15) is 12.5 Å². The number of rotatable bonds is 7. The average molecular weight is 402 g/mol. The number of methoxy groups -OCH3 is 1. The van der Waals surface area contributed by atoms with Crippen LogP contribution < -0.4 is 14.8 Å². The third-order valence-electron chi connectivity index (χ3n) is 4.61. The van der Waals surface area contributed by atoms with Crippen molar-refractivity contribution in [3.8, 4) is 23.0 Å². The molecule has 6 heteroatoms. The van der Waals surface area contributed by atoms with Crippen LogP contribution in [-0.2, 0) is 11.2 Å². The number of hydrogen-bond acceptors (Lipinski definition) is 5. The topological polar surface area (TPSA) is 73.6 Å². The molecule has 0 atom stereocenters. The molecule has 0 bridgehead atoms. The third kappa shape index (κ3) is 4.27. The summed E-state index contributed by atoms with van der Waals surface area (Å²) in [5.41, 5.74) is 3.64. The Bertz CT molecular complexity index is 1170. The van der Waals surface area contributed by atoms with E-state index in [-0.39, 0.29) is 12.3 Å². The van der Waals surface area contributed by atoms with Crippen molar-refractivity contribution in [3.63, 3.8) is 0 Å². The molecule has 0 aliphatic rings. The van der Waals surface area contributed by atoms with Crippen molar-refractivity contribution in [3.05, 3.63) is 72.3 Å². The van der Waals surface area contributed by atoms with Gasteiger partial charge in [-0.25, -0.2) is 4.98 Å². The van der Waals surface area contributed by atoms with E-state index in [1.165, 1.54) is 0 Å². The molecule has 1 heterocycles. The van der Waals surface area contributed by atoms with Gasteiger partial charge >= 0.3 is 0 Å². The number of anilines is 1. The van der Waals surface area contributed by atoms with E-state index in [0.717, 1.165) is 16.9 Å². The maximum Gasteiger partial charge on any atom is 0.231 e. The van der Waals surface area contributed by atoms with E-state index in [2.05, 4.69) is 10.3 Å². The second-order valence-corrected chi connectivity index (χ2v) is 6.70. The summed E-state index contributed by atoms with van der Waals surface area (Å²) >= 11 is 0. The van der Waals surface area contributed by atoms with Gasteiger partial charge in [-0.05, 0) is 48.9 Å². The van der Waals surface area contributed by atoms with Crippen molar-refractivity contribution in [1.29, 1.82) is 0 Å². The number of aromatic nitrogens is 1. The van der Waals surface area contributed by atoms with E-state index in [1.807, 2.05) is 67.6 Å². The predicted molar refractivity (Wildman–Crippen MR) is 116 cm³/mol. The standard InChI is InChI=1S/C24H22N2O4/c1-3-29-18-11-8-16(9-12-18)14-23(27)25-17-10-13-20-22(15-17)30-24(26-20)19-6-4-5-7-21(19)28-2/h4-13,15H,3,14H2,1-2H3,(H,25,27). The van der Waals surface area contributed by atoms with Crippen molar-refractivity contribution < 1.29 is 18.7 Å². The van der Waals surface area contributed by atoms with Crippen molar-refractivity contribution in [1.82, 2.24) is 4.98 Å². The Morgan fingerprint density at radius 1 is 1.07 bits per heavy atom. The highest BCUT2D eigenvalue weighted by Gasteiger charge is 2.13. The molecular formula is C24H22N2O4. The minimum absolute atomic E-state index is 0.108. The van der Waals surface area contributed by atoms with Gasteiger partial charge in [0, 0.05) is 11.8 Å². The lowest BCUT2D eigenvalue weighted by molar-refractivity contribution is -0.115. The van der Waals surface area contributed by atoms with E-state index in [1.54, 1.807) is 13.2 Å². The number of nitrogens with one attached hydrogen (secondary N) is 1. The fourth-order valence-corrected chi connectivity index (χ4v) is 3.20. The number of amides is 1. The van der Waals surface area contributed by atoms with Crippen LogP contribution in [-0.4, -0.2) is 24.6 Å². The van der Waals surface area contributed by atoms with E-state index < -0.39 is 0 Å². The smallest absolute Gasteiger partial charge is 0.231 e. The Hall–Kier alpha value is -3.80. The van der Waals surface area contributed by atoms with Crippen LogP contribution in [0, 0.1) is 0 Å². The molecule has 0 saturated carbocycles. The number of nitrogens with zero attached hydrogens (tertiary/aromatic N) is 1. The summed E-state index contributed by atoms with van der Waals surface area (Å²) in [5.74, 6) is 1.85. The molecule has 1 amide bonds. The largest absolute Gasteiger partial charge is 0.496 e. The Kier molecular flexibility index (Phi) is 5.66. The first-order valence-corrected chi connectivity index (χ1v) is 9.72. The minimum Gasteiger partial charge on any atom is -0.496 e. The fourth-order valence-electron chi connectivity index (χ4n) is 3.20. The second-order valence-electron chi connectivity index (χ2n) is 6.70. The summed E-state index contributed by atoms with van der Waals surface area (Å²) in [6.45, 7) is 2.55. The molecular weight excluding hydrogens is 380 g/mol. The second kappa shape index (κ2) is 8.69. The highest BCUT2D eigenvalue weighted by molar-refractivity contribution is 5.94. The van der Waals surface area contributed by atoms with Crippen LogP contribution in [0.15, 0.2) is 71.1 Å². The molecule has 6 nitrogen and oxygen atoms in total. The van der Waals surface area contributed by atoms with E-state index in [4.69, 9.17) is 13.9 Å². The monoisotopic (exact) mass is 402 g/mol. The first kappa shape index (κ1) is 19.5. The number of carbonyl (C=O) groups excluding carboxylic acids is 1. The van der Waals surface area contributed by atoms with Gasteiger partial charge in [0.25, 0.3) is 0 Å². The lowest BCUT2D eigenvalue weighted by Gasteiger charge is -2.06. The molecule has 0 unspecified atom stereocenters. The molecule has 4 aromatic rings. The Morgan fingerprint density at radius 3 is 2.63 bits per heavy atom. The highest BCUT2D eigenvalue weighted by Crippen LogP contribution is 2.32. The number of para-hydroxylation sites is 1. The summed E-state index contributed by atoms with van der Waals surface area (Å²) < 4.78 is 16.7. The maximum atomic E-state index is 12.4. The number of oxazole rings is 1. The van der Waals surface area contributed by atoms with Crippen molar-refractivity contribution in [2.24, 2.45) is 0 Å². The maximum absolute atomic E-state index is 12.4. The molecule has 152 valence electrons. The molecule has 0 aliphatic heterocycles. The SMILES string of the molecule is CCOc1ccc(CC(=O)Nc2ccc3nc(-c4ccccc4OC)oc3c2)cc1. The molecule has 1 aromatic heterocycles. The number of benzene rings is 3. The van der Waals surface area contributed by atoms with Crippen LogP contribution in [0.25, 0.3) is 22.6 Å². The zero-order valence-corrected chi connectivity index (χ0v) is 16.8. The summed E-state index contributed by atoms with van der Waals surface area (Å²) in [4.78, 5) is 17.0. The first-order chi connectivity index (χ1) is 14.7. The van der Waals surface area contributed by atoms with Gasteiger partial charge in [0.1, 0.15) is 17.0 Å². The van der Waals surface area contributed by atoms with Crippen LogP contribution in [0.3, 0.4) is 0 Å². The molecule has 4 rings (SSSR count). The lowest BCUT2D eigenvalue weighted by atomic mass is 10.1. The number of fused-ring (bicyclic) bond motifs is 1. The quantitative estimate of drug-likeness (QED) is 0.466. The number of hydrogen-bond donors (Lipinski definition) is 1. The molecule has 0 spiro atoms. The molecule has 0 aliphatic carbocycles. The summed E-state index contributed by atoms with van der Waals surface area (Å²) in [6.07, 6.45) is 0.271. The zero-order valence-electron chi connectivity index (χ0n) is 16.8. The number of carbonyl (C=O) groups is 1. The van der Waals surface area contributed by atoms with Crippen LogP contribution >= 0.6 is 0 Å². The normalized spacial score (nSPS) is 10.7. The van der Waals surface area contributed by atoms with Crippen molar-refractivity contribution in [2.75, 3.05) is 19.0 Å². The first-order valence-electron chi connectivity index (χ1n) is 9.72. The molecule has 1 N–H and O–H groups in total. The Balaban J connectivity index is 1.49. The Morgan fingerprint density at radius 2 is 1.87 bits per heavy atom. The van der Waals surface area contributed by atoms with Gasteiger partial charge in [-0.1, -0.05) is 24.3 Å².